The molecule has 8 nitrogen and oxygen atoms in total. The molecule has 0 aromatic carbocycles. The Morgan fingerprint density at radius 1 is 1.38 bits per heavy atom. The molecule has 0 saturated carbocycles. The fourth-order valence-corrected chi connectivity index (χ4v) is 3.91. The van der Waals surface area contributed by atoms with Crippen LogP contribution in [0, 0.1) is 11.7 Å². The summed E-state index contributed by atoms with van der Waals surface area (Å²) in [5.41, 5.74) is 0.799. The number of rotatable bonds is 4. The Bertz CT molecular complexity index is 1130. The number of likely N-dealkylation sites (tertiary alicyclic amines) is 1. The van der Waals surface area contributed by atoms with Crippen molar-refractivity contribution in [2.24, 2.45) is 5.92 Å². The number of amides is 1. The van der Waals surface area contributed by atoms with Crippen molar-refractivity contribution in [2.45, 2.75) is 39.2 Å². The first-order chi connectivity index (χ1) is 15.2. The minimum absolute atomic E-state index is 0.119. The molecule has 170 valence electrons. The number of carbonyl (C=O) groups is 1. The van der Waals surface area contributed by atoms with Gasteiger partial charge in [0.2, 0.25) is 0 Å². The summed E-state index contributed by atoms with van der Waals surface area (Å²) in [7, 11) is 0. The van der Waals surface area contributed by atoms with Gasteiger partial charge in [-0.1, -0.05) is 11.6 Å². The second-order valence-electron chi connectivity index (χ2n) is 8.96. The Morgan fingerprint density at radius 2 is 2.19 bits per heavy atom. The Hall–Kier alpha value is -2.94. The molecule has 1 aliphatic rings. The maximum Gasteiger partial charge on any atom is 0.410 e. The number of ether oxygens (including phenoxy) is 1. The number of pyridine rings is 1. The van der Waals surface area contributed by atoms with Crippen LogP contribution in [0.4, 0.5) is 15.0 Å². The van der Waals surface area contributed by atoms with E-state index < -0.39 is 11.4 Å². The average molecular weight is 461 g/mol. The van der Waals surface area contributed by atoms with Gasteiger partial charge >= 0.3 is 6.09 Å². The van der Waals surface area contributed by atoms with Crippen LogP contribution >= 0.6 is 11.6 Å². The number of hydrogen-bond acceptors (Lipinski definition) is 6. The van der Waals surface area contributed by atoms with E-state index in [1.807, 2.05) is 20.8 Å². The summed E-state index contributed by atoms with van der Waals surface area (Å²) in [5.74, 6) is 0.103. The zero-order chi connectivity index (χ0) is 22.9. The topological polar surface area (TPSA) is 96.0 Å². The van der Waals surface area contributed by atoms with E-state index in [4.69, 9.17) is 16.3 Å². The number of fused-ring (bicyclic) bond motifs is 1. The summed E-state index contributed by atoms with van der Waals surface area (Å²) >= 11 is 6.07. The number of piperidine rings is 1. The first kappa shape index (κ1) is 22.3. The molecule has 3 aromatic heterocycles. The van der Waals surface area contributed by atoms with E-state index in [2.05, 4.69) is 25.3 Å². The minimum atomic E-state index is -0.537. The van der Waals surface area contributed by atoms with Crippen LogP contribution in [-0.4, -0.2) is 56.2 Å². The van der Waals surface area contributed by atoms with E-state index in [9.17, 15) is 9.18 Å². The molecule has 1 aliphatic heterocycles. The van der Waals surface area contributed by atoms with Gasteiger partial charge in [0.15, 0.2) is 17.5 Å². The van der Waals surface area contributed by atoms with Crippen molar-refractivity contribution >= 4 is 34.5 Å². The second-order valence-corrected chi connectivity index (χ2v) is 9.39. The highest BCUT2D eigenvalue weighted by Gasteiger charge is 2.27. The van der Waals surface area contributed by atoms with Crippen molar-refractivity contribution in [3.63, 3.8) is 0 Å². The highest BCUT2D eigenvalue weighted by Crippen LogP contribution is 2.28. The number of halogens is 2. The molecule has 2 N–H and O–H groups in total. The third-order valence-corrected chi connectivity index (χ3v) is 5.42. The number of nitrogens with zero attached hydrogens (tertiary/aromatic N) is 4. The maximum atomic E-state index is 14.4. The number of anilines is 1. The van der Waals surface area contributed by atoms with E-state index in [-0.39, 0.29) is 17.8 Å². The van der Waals surface area contributed by atoms with Gasteiger partial charge < -0.3 is 19.9 Å². The van der Waals surface area contributed by atoms with Crippen LogP contribution in [-0.2, 0) is 4.74 Å². The summed E-state index contributed by atoms with van der Waals surface area (Å²) in [5, 5.41) is 4.35. The Balaban J connectivity index is 1.46. The molecule has 32 heavy (non-hydrogen) atoms. The molecule has 1 fully saturated rings. The van der Waals surface area contributed by atoms with E-state index in [0.29, 0.717) is 41.7 Å². The second kappa shape index (κ2) is 8.90. The van der Waals surface area contributed by atoms with Gasteiger partial charge in [-0.2, -0.15) is 0 Å². The Labute approximate surface area is 190 Å². The summed E-state index contributed by atoms with van der Waals surface area (Å²) in [6.07, 6.45) is 5.91. The SMILES string of the molecule is CC(C)(C)OC(=O)N1CCCC(CNc2nc(-c3c[nH]c4ncc(Cl)cc34)ncc2F)C1. The summed E-state index contributed by atoms with van der Waals surface area (Å²) < 4.78 is 19.9. The first-order valence-corrected chi connectivity index (χ1v) is 10.9. The van der Waals surface area contributed by atoms with E-state index in [0.717, 1.165) is 24.4 Å². The number of aromatic nitrogens is 4. The van der Waals surface area contributed by atoms with Crippen molar-refractivity contribution in [3.05, 3.63) is 35.5 Å². The lowest BCUT2D eigenvalue weighted by Crippen LogP contribution is -2.44. The standard InChI is InChI=1S/C22H26ClFN6O2/c1-22(2,3)32-21(31)30-6-4-5-13(12-30)8-25-20-17(24)11-28-19(29-20)16-10-27-18-15(16)7-14(23)9-26-18/h7,9-11,13H,4-6,8,12H2,1-3H3,(H,26,27)(H,25,28,29). The van der Waals surface area contributed by atoms with Crippen LogP contribution < -0.4 is 5.32 Å². The first-order valence-electron chi connectivity index (χ1n) is 10.6. The molecule has 4 heterocycles. The molecular formula is C22H26ClFN6O2. The van der Waals surface area contributed by atoms with Crippen molar-refractivity contribution in [3.8, 4) is 11.4 Å². The zero-order valence-electron chi connectivity index (χ0n) is 18.3. The molecule has 1 saturated heterocycles. The van der Waals surface area contributed by atoms with Gasteiger partial charge in [-0.25, -0.2) is 24.1 Å². The number of carbonyl (C=O) groups excluding carboxylic acids is 1. The monoisotopic (exact) mass is 460 g/mol. The van der Waals surface area contributed by atoms with Crippen LogP contribution in [0.15, 0.2) is 24.7 Å². The van der Waals surface area contributed by atoms with Crippen molar-refractivity contribution in [1.82, 2.24) is 24.8 Å². The molecule has 4 rings (SSSR count). The molecular weight excluding hydrogens is 435 g/mol. The predicted octanol–water partition coefficient (Wildman–Crippen LogP) is 4.87. The van der Waals surface area contributed by atoms with Crippen molar-refractivity contribution in [2.75, 3.05) is 25.0 Å². The average Bonchev–Trinajstić information content (AvgIpc) is 3.15. The molecule has 0 aliphatic carbocycles. The van der Waals surface area contributed by atoms with Crippen LogP contribution in [0.2, 0.25) is 5.02 Å². The number of H-pyrrole nitrogens is 1. The Kier molecular flexibility index (Phi) is 6.19. The molecule has 3 aromatic rings. The minimum Gasteiger partial charge on any atom is -0.444 e. The molecule has 1 unspecified atom stereocenters. The fourth-order valence-electron chi connectivity index (χ4n) is 3.75. The number of nitrogens with one attached hydrogen (secondary N) is 2. The largest absolute Gasteiger partial charge is 0.444 e. The number of hydrogen-bond donors (Lipinski definition) is 2. The lowest BCUT2D eigenvalue weighted by molar-refractivity contribution is 0.0172. The van der Waals surface area contributed by atoms with Gasteiger partial charge in [0.1, 0.15) is 11.2 Å². The van der Waals surface area contributed by atoms with Crippen LogP contribution in [0.5, 0.6) is 0 Å². The van der Waals surface area contributed by atoms with E-state index in [1.165, 1.54) is 0 Å². The van der Waals surface area contributed by atoms with Gasteiger partial charge in [-0.3, -0.25) is 0 Å². The van der Waals surface area contributed by atoms with Crippen molar-refractivity contribution < 1.29 is 13.9 Å². The van der Waals surface area contributed by atoms with Crippen LogP contribution in [0.25, 0.3) is 22.4 Å². The molecule has 0 spiro atoms. The van der Waals surface area contributed by atoms with E-state index in [1.54, 1.807) is 23.4 Å². The molecule has 0 radical (unpaired) electrons. The van der Waals surface area contributed by atoms with Gasteiger partial charge in [-0.05, 0) is 45.6 Å². The quantitative estimate of drug-likeness (QED) is 0.576. The zero-order valence-corrected chi connectivity index (χ0v) is 19.0. The fraction of sp³-hybridized carbons (Fsp3) is 0.455. The highest BCUT2D eigenvalue weighted by molar-refractivity contribution is 6.31. The molecule has 0 bridgehead atoms. The van der Waals surface area contributed by atoms with Gasteiger partial charge in [0.05, 0.1) is 11.2 Å². The lowest BCUT2D eigenvalue weighted by Gasteiger charge is -2.34. The molecule has 10 heteroatoms. The third kappa shape index (κ3) is 5.09. The van der Waals surface area contributed by atoms with Gasteiger partial charge in [0, 0.05) is 43.0 Å². The summed E-state index contributed by atoms with van der Waals surface area (Å²) in [6, 6.07) is 1.77. The molecule has 1 amide bonds. The lowest BCUT2D eigenvalue weighted by atomic mass is 9.98. The number of aromatic amines is 1. The molecule has 1 atom stereocenters. The normalized spacial score (nSPS) is 16.9. The Morgan fingerprint density at radius 3 is 2.97 bits per heavy atom. The van der Waals surface area contributed by atoms with E-state index >= 15 is 0 Å². The maximum absolute atomic E-state index is 14.4. The predicted molar refractivity (Wildman–Crippen MR) is 121 cm³/mol. The summed E-state index contributed by atoms with van der Waals surface area (Å²) in [6.45, 7) is 7.24. The van der Waals surface area contributed by atoms with Gasteiger partial charge in [0.25, 0.3) is 0 Å². The van der Waals surface area contributed by atoms with Crippen molar-refractivity contribution in [1.29, 1.82) is 0 Å². The highest BCUT2D eigenvalue weighted by atomic mass is 35.5. The smallest absolute Gasteiger partial charge is 0.410 e. The third-order valence-electron chi connectivity index (χ3n) is 5.21. The van der Waals surface area contributed by atoms with Crippen LogP contribution in [0.1, 0.15) is 33.6 Å². The van der Waals surface area contributed by atoms with Gasteiger partial charge in [-0.15, -0.1) is 0 Å². The summed E-state index contributed by atoms with van der Waals surface area (Å²) in [4.78, 5) is 29.9. The van der Waals surface area contributed by atoms with Crippen LogP contribution in [0.3, 0.4) is 0 Å².